The van der Waals surface area contributed by atoms with Crippen LogP contribution in [0.5, 0.6) is 11.5 Å². The highest BCUT2D eigenvalue weighted by Crippen LogP contribution is 2.35. The number of fused-ring (bicyclic) bond motifs is 1. The summed E-state index contributed by atoms with van der Waals surface area (Å²) in [5, 5.41) is 15.6. The number of anilines is 4. The Hall–Kier alpha value is -5.80. The summed E-state index contributed by atoms with van der Waals surface area (Å²) >= 11 is 0. The fraction of sp³-hybridized carbons (Fsp3) is 0.125. The number of rotatable bonds is 9. The summed E-state index contributed by atoms with van der Waals surface area (Å²) in [5.41, 5.74) is 6.37. The number of methoxy groups -OCH3 is 2. The molecular weight excluding hydrogens is 514 g/mol. The van der Waals surface area contributed by atoms with Crippen molar-refractivity contribution < 1.29 is 9.47 Å². The van der Waals surface area contributed by atoms with Crippen molar-refractivity contribution in [3.05, 3.63) is 95.3 Å². The van der Waals surface area contributed by atoms with Gasteiger partial charge in [0.2, 0.25) is 5.95 Å². The standard InChI is InChI=1S/C32H27N7O2/c1-5-22-8-12-25(13-9-22)35-32-37-30(36-28-21(2)17-24(7-6-16-33)18-27(28)41-4)29-31(38-32)39(20-34-29)19-23-10-14-26(40-3)15-11-23/h1,6-15,17-18,20H,19H2,2-4H3,(H2,35,36,37,38)/b7-6+. The molecule has 2 aromatic heterocycles. The largest absolute Gasteiger partial charge is 0.497 e. The number of hydrogen-bond acceptors (Lipinski definition) is 8. The van der Waals surface area contributed by atoms with Gasteiger partial charge in [-0.3, -0.25) is 0 Å². The number of imidazole rings is 1. The molecule has 41 heavy (non-hydrogen) atoms. The van der Waals surface area contributed by atoms with Gasteiger partial charge in [0.15, 0.2) is 17.0 Å². The van der Waals surface area contributed by atoms with Gasteiger partial charge in [-0.2, -0.15) is 15.2 Å². The Labute approximate surface area is 238 Å². The third-order valence-corrected chi connectivity index (χ3v) is 6.42. The highest BCUT2D eigenvalue weighted by Gasteiger charge is 2.17. The van der Waals surface area contributed by atoms with Gasteiger partial charge in [-0.1, -0.05) is 18.1 Å². The van der Waals surface area contributed by atoms with E-state index < -0.39 is 0 Å². The number of nitriles is 1. The smallest absolute Gasteiger partial charge is 0.231 e. The second-order valence-electron chi connectivity index (χ2n) is 9.14. The molecule has 0 atom stereocenters. The van der Waals surface area contributed by atoms with Gasteiger partial charge in [0.1, 0.15) is 11.5 Å². The fourth-order valence-corrected chi connectivity index (χ4v) is 4.36. The number of nitrogens with one attached hydrogen (secondary N) is 2. The minimum absolute atomic E-state index is 0.384. The Morgan fingerprint density at radius 2 is 1.78 bits per heavy atom. The lowest BCUT2D eigenvalue weighted by atomic mass is 10.1. The number of ether oxygens (including phenoxy) is 2. The van der Waals surface area contributed by atoms with Gasteiger partial charge in [0.25, 0.3) is 0 Å². The molecule has 5 aromatic rings. The van der Waals surface area contributed by atoms with Crippen LogP contribution in [0.2, 0.25) is 0 Å². The van der Waals surface area contributed by atoms with E-state index in [1.807, 2.05) is 78.2 Å². The van der Waals surface area contributed by atoms with Crippen molar-refractivity contribution in [2.45, 2.75) is 13.5 Å². The summed E-state index contributed by atoms with van der Waals surface area (Å²) in [6.45, 7) is 2.51. The average Bonchev–Trinajstić information content (AvgIpc) is 3.40. The number of benzene rings is 3. The molecule has 5 rings (SSSR count). The SMILES string of the molecule is C#Cc1ccc(Nc2nc(Nc3c(C)cc(/C=C/C#N)cc3OC)c3ncn(Cc4ccc(OC)cc4)c3n2)cc1. The Morgan fingerprint density at radius 3 is 2.46 bits per heavy atom. The topological polar surface area (TPSA) is 110 Å². The van der Waals surface area contributed by atoms with Crippen LogP contribution in [0.15, 0.2) is 73.1 Å². The lowest BCUT2D eigenvalue weighted by Crippen LogP contribution is -2.06. The van der Waals surface area contributed by atoms with Gasteiger partial charge in [-0.15, -0.1) is 6.42 Å². The van der Waals surface area contributed by atoms with E-state index in [1.165, 1.54) is 6.08 Å². The van der Waals surface area contributed by atoms with Crippen molar-refractivity contribution in [3.8, 4) is 29.9 Å². The first-order valence-corrected chi connectivity index (χ1v) is 12.7. The van der Waals surface area contributed by atoms with Gasteiger partial charge in [-0.05, 0) is 78.2 Å². The summed E-state index contributed by atoms with van der Waals surface area (Å²) in [5.74, 6) is 4.91. The molecule has 202 valence electrons. The molecule has 0 radical (unpaired) electrons. The Bertz CT molecular complexity index is 1810. The molecule has 0 aliphatic heterocycles. The van der Waals surface area contributed by atoms with Gasteiger partial charge in [-0.25, -0.2) is 4.98 Å². The van der Waals surface area contributed by atoms with Crippen LogP contribution in [0.25, 0.3) is 17.2 Å². The Balaban J connectivity index is 1.58. The van der Waals surface area contributed by atoms with E-state index in [0.717, 1.165) is 39.4 Å². The summed E-state index contributed by atoms with van der Waals surface area (Å²) < 4.78 is 13.0. The molecule has 0 unspecified atom stereocenters. The average molecular weight is 542 g/mol. The summed E-state index contributed by atoms with van der Waals surface area (Å²) in [6, 6.07) is 21.2. The molecule has 9 heteroatoms. The molecule has 0 aliphatic rings. The van der Waals surface area contributed by atoms with Crippen molar-refractivity contribution in [1.82, 2.24) is 19.5 Å². The second kappa shape index (κ2) is 11.9. The minimum atomic E-state index is 0.384. The van der Waals surface area contributed by atoms with E-state index in [9.17, 15) is 0 Å². The van der Waals surface area contributed by atoms with E-state index in [-0.39, 0.29) is 0 Å². The first-order chi connectivity index (χ1) is 20.0. The molecular formula is C32H27N7O2. The van der Waals surface area contributed by atoms with Gasteiger partial charge >= 0.3 is 0 Å². The molecule has 0 saturated carbocycles. The zero-order valence-electron chi connectivity index (χ0n) is 22.8. The molecule has 3 aromatic carbocycles. The van der Waals surface area contributed by atoms with E-state index in [2.05, 4.69) is 21.5 Å². The van der Waals surface area contributed by atoms with Gasteiger partial charge in [0, 0.05) is 17.3 Å². The van der Waals surface area contributed by atoms with Gasteiger partial charge in [0.05, 0.1) is 38.8 Å². The first-order valence-electron chi connectivity index (χ1n) is 12.7. The van der Waals surface area contributed by atoms with Crippen LogP contribution < -0.4 is 20.1 Å². The molecule has 9 nitrogen and oxygen atoms in total. The van der Waals surface area contributed by atoms with Gasteiger partial charge < -0.3 is 24.7 Å². The van der Waals surface area contributed by atoms with Crippen molar-refractivity contribution in [2.24, 2.45) is 0 Å². The van der Waals surface area contributed by atoms with Crippen molar-refractivity contribution >= 4 is 40.4 Å². The number of hydrogen-bond donors (Lipinski definition) is 2. The molecule has 2 heterocycles. The fourth-order valence-electron chi connectivity index (χ4n) is 4.36. The highest BCUT2D eigenvalue weighted by atomic mass is 16.5. The van der Waals surface area contributed by atoms with Crippen LogP contribution in [0.3, 0.4) is 0 Å². The highest BCUT2D eigenvalue weighted by molar-refractivity contribution is 5.88. The molecule has 0 bridgehead atoms. The molecule has 0 amide bonds. The zero-order valence-corrected chi connectivity index (χ0v) is 22.8. The van der Waals surface area contributed by atoms with Crippen molar-refractivity contribution in [2.75, 3.05) is 24.9 Å². The Morgan fingerprint density at radius 1 is 1.00 bits per heavy atom. The molecule has 2 N–H and O–H groups in total. The van der Waals surface area contributed by atoms with E-state index in [1.54, 1.807) is 26.6 Å². The lowest BCUT2D eigenvalue weighted by Gasteiger charge is -2.16. The molecule has 0 saturated heterocycles. The van der Waals surface area contributed by atoms with Crippen LogP contribution in [0, 0.1) is 30.6 Å². The zero-order chi connectivity index (χ0) is 28.8. The van der Waals surface area contributed by atoms with Crippen LogP contribution in [-0.2, 0) is 6.54 Å². The molecule has 0 aliphatic carbocycles. The summed E-state index contributed by atoms with van der Waals surface area (Å²) in [6.07, 6.45) is 10.4. The number of aryl methyl sites for hydroxylation is 1. The quantitative estimate of drug-likeness (QED) is 0.168. The van der Waals surface area contributed by atoms with Crippen LogP contribution in [-0.4, -0.2) is 33.7 Å². The third kappa shape index (κ3) is 5.95. The predicted molar refractivity (Wildman–Crippen MR) is 161 cm³/mol. The maximum atomic E-state index is 8.93. The number of aromatic nitrogens is 4. The van der Waals surface area contributed by atoms with E-state index >= 15 is 0 Å². The third-order valence-electron chi connectivity index (χ3n) is 6.42. The van der Waals surface area contributed by atoms with E-state index in [0.29, 0.717) is 35.2 Å². The number of allylic oxidation sites excluding steroid dienone is 1. The minimum Gasteiger partial charge on any atom is -0.497 e. The number of terminal acetylenes is 1. The van der Waals surface area contributed by atoms with Crippen LogP contribution in [0.1, 0.15) is 22.3 Å². The first kappa shape index (κ1) is 26.8. The molecule has 0 fully saturated rings. The van der Waals surface area contributed by atoms with Crippen LogP contribution in [0.4, 0.5) is 23.1 Å². The summed E-state index contributed by atoms with van der Waals surface area (Å²) in [4.78, 5) is 14.3. The monoisotopic (exact) mass is 541 g/mol. The normalized spacial score (nSPS) is 10.8. The van der Waals surface area contributed by atoms with E-state index in [4.69, 9.17) is 31.1 Å². The maximum absolute atomic E-state index is 8.93. The predicted octanol–water partition coefficient (Wildman–Crippen LogP) is 6.21. The molecule has 0 spiro atoms. The lowest BCUT2D eigenvalue weighted by molar-refractivity contribution is 0.414. The summed E-state index contributed by atoms with van der Waals surface area (Å²) in [7, 11) is 3.25. The van der Waals surface area contributed by atoms with Crippen LogP contribution >= 0.6 is 0 Å². The number of nitrogens with zero attached hydrogens (tertiary/aromatic N) is 5. The second-order valence-corrected chi connectivity index (χ2v) is 9.14. The van der Waals surface area contributed by atoms with Crippen molar-refractivity contribution in [1.29, 1.82) is 5.26 Å². The Kier molecular flexibility index (Phi) is 7.80. The van der Waals surface area contributed by atoms with Crippen molar-refractivity contribution in [3.63, 3.8) is 0 Å². The maximum Gasteiger partial charge on any atom is 0.231 e.